The summed E-state index contributed by atoms with van der Waals surface area (Å²) in [5, 5.41) is 0. The van der Waals surface area contributed by atoms with Crippen LogP contribution in [0, 0.1) is 17.3 Å². The number of halogens is 1. The molecule has 2 saturated carbocycles. The molecule has 20 heavy (non-hydrogen) atoms. The topological polar surface area (TPSA) is 17.1 Å². The van der Waals surface area contributed by atoms with Gasteiger partial charge in [-0.1, -0.05) is 69.9 Å². The second kappa shape index (κ2) is 7.64. The zero-order chi connectivity index (χ0) is 14.4. The van der Waals surface area contributed by atoms with Crippen LogP contribution in [-0.2, 0) is 4.79 Å². The van der Waals surface area contributed by atoms with E-state index >= 15 is 0 Å². The molecule has 0 heterocycles. The van der Waals surface area contributed by atoms with Crippen LogP contribution in [0.3, 0.4) is 0 Å². The molecular formula is C18H29ClO. The molecule has 0 amide bonds. The lowest BCUT2D eigenvalue weighted by atomic mass is 9.57. The zero-order valence-corrected chi connectivity index (χ0v) is 13.6. The molecule has 0 aliphatic heterocycles. The van der Waals surface area contributed by atoms with E-state index in [0.717, 1.165) is 18.8 Å². The van der Waals surface area contributed by atoms with Gasteiger partial charge in [0.15, 0.2) is 5.78 Å². The number of ketones is 1. The first-order valence-electron chi connectivity index (χ1n) is 8.50. The minimum atomic E-state index is 0.233. The largest absolute Gasteiger partial charge is 0.295 e. The highest BCUT2D eigenvalue weighted by atomic mass is 35.5. The Labute approximate surface area is 129 Å². The van der Waals surface area contributed by atoms with E-state index in [4.69, 9.17) is 11.6 Å². The summed E-state index contributed by atoms with van der Waals surface area (Å²) in [5.74, 6) is 1.48. The van der Waals surface area contributed by atoms with E-state index in [1.807, 2.05) is 0 Å². The van der Waals surface area contributed by atoms with Gasteiger partial charge in [0.2, 0.25) is 0 Å². The minimum Gasteiger partial charge on any atom is -0.295 e. The zero-order valence-electron chi connectivity index (χ0n) is 12.9. The van der Waals surface area contributed by atoms with Gasteiger partial charge >= 0.3 is 0 Å². The molecule has 2 aliphatic rings. The molecule has 2 fully saturated rings. The number of hydrogen-bond donors (Lipinski definition) is 0. The van der Waals surface area contributed by atoms with Crippen molar-refractivity contribution in [2.45, 2.75) is 77.6 Å². The first-order chi connectivity index (χ1) is 9.69. The fourth-order valence-electron chi connectivity index (χ4n) is 4.30. The van der Waals surface area contributed by atoms with E-state index in [-0.39, 0.29) is 11.7 Å². The molecule has 114 valence electrons. The molecule has 0 N–H and O–H groups in total. The minimum absolute atomic E-state index is 0.233. The highest BCUT2D eigenvalue weighted by molar-refractivity contribution is 6.26. The molecule has 2 aliphatic carbocycles. The molecule has 0 spiro atoms. The molecule has 0 aromatic rings. The smallest absolute Gasteiger partial charge is 0.159 e. The molecule has 0 atom stereocenters. The van der Waals surface area contributed by atoms with Gasteiger partial charge in [0, 0.05) is 11.5 Å². The number of rotatable bonds is 7. The lowest BCUT2D eigenvalue weighted by Gasteiger charge is -2.47. The maximum Gasteiger partial charge on any atom is 0.159 e. The Morgan fingerprint density at radius 2 is 1.95 bits per heavy atom. The number of allylic oxidation sites excluding steroid dienone is 1. The van der Waals surface area contributed by atoms with E-state index in [0.29, 0.717) is 5.41 Å². The van der Waals surface area contributed by atoms with Crippen molar-refractivity contribution >= 4 is 17.4 Å². The number of carbonyl (C=O) groups excluding carboxylic acids is 1. The van der Waals surface area contributed by atoms with Crippen LogP contribution in [0.4, 0.5) is 0 Å². The van der Waals surface area contributed by atoms with Crippen LogP contribution in [0.5, 0.6) is 0 Å². The van der Waals surface area contributed by atoms with Crippen molar-refractivity contribution in [1.29, 1.82) is 0 Å². The third-order valence-corrected chi connectivity index (χ3v) is 5.91. The average Bonchev–Trinajstić information content (AvgIpc) is 2.43. The molecule has 1 nitrogen and oxygen atoms in total. The van der Waals surface area contributed by atoms with E-state index in [9.17, 15) is 4.79 Å². The maximum atomic E-state index is 11.8. The summed E-state index contributed by atoms with van der Waals surface area (Å²) in [6.45, 7) is 2.29. The van der Waals surface area contributed by atoms with Gasteiger partial charge in [-0.2, -0.15) is 0 Å². The van der Waals surface area contributed by atoms with Crippen LogP contribution >= 0.6 is 11.6 Å². The van der Waals surface area contributed by atoms with Crippen molar-refractivity contribution in [2.75, 3.05) is 0 Å². The molecule has 0 radical (unpaired) electrons. The Hall–Kier alpha value is -0.300. The van der Waals surface area contributed by atoms with Crippen LogP contribution in [0.15, 0.2) is 11.6 Å². The predicted molar refractivity (Wildman–Crippen MR) is 85.9 cm³/mol. The average molecular weight is 297 g/mol. The standard InChI is InChI=1S/C18H29ClO/c1-2-18(13-16(14-18)17(20)10-12-19)11-6-9-15-7-4-3-5-8-15/h10,12,15-16H,2-9,11,13-14H2,1H3/t16-,18-. The summed E-state index contributed by atoms with van der Waals surface area (Å²) in [7, 11) is 0. The number of carbonyl (C=O) groups is 1. The van der Waals surface area contributed by atoms with Gasteiger partial charge < -0.3 is 0 Å². The van der Waals surface area contributed by atoms with Crippen LogP contribution in [0.2, 0.25) is 0 Å². The Bertz CT molecular complexity index is 335. The summed E-state index contributed by atoms with van der Waals surface area (Å²) in [4.78, 5) is 11.8. The van der Waals surface area contributed by atoms with Gasteiger partial charge in [0.1, 0.15) is 0 Å². The highest BCUT2D eigenvalue weighted by Gasteiger charge is 2.44. The van der Waals surface area contributed by atoms with Crippen molar-refractivity contribution in [1.82, 2.24) is 0 Å². The second-order valence-corrected chi connectivity index (χ2v) is 7.30. The van der Waals surface area contributed by atoms with Crippen molar-refractivity contribution < 1.29 is 4.79 Å². The van der Waals surface area contributed by atoms with Gasteiger partial charge in [-0.15, -0.1) is 0 Å². The summed E-state index contributed by atoms with van der Waals surface area (Å²) in [5.41, 5.74) is 1.83. The van der Waals surface area contributed by atoms with Gasteiger partial charge in [0.25, 0.3) is 0 Å². The summed E-state index contributed by atoms with van der Waals surface area (Å²) in [6.07, 6.45) is 16.3. The van der Waals surface area contributed by atoms with Crippen molar-refractivity contribution in [3.05, 3.63) is 11.6 Å². The number of hydrogen-bond acceptors (Lipinski definition) is 1. The lowest BCUT2D eigenvalue weighted by Crippen LogP contribution is -2.40. The lowest BCUT2D eigenvalue weighted by molar-refractivity contribution is -0.126. The molecule has 0 aromatic carbocycles. The van der Waals surface area contributed by atoms with E-state index in [2.05, 4.69) is 6.92 Å². The Kier molecular flexibility index (Phi) is 6.14. The van der Waals surface area contributed by atoms with Crippen LogP contribution in [-0.4, -0.2) is 5.78 Å². The molecule has 0 unspecified atom stereocenters. The van der Waals surface area contributed by atoms with E-state index in [1.165, 1.54) is 69.4 Å². The van der Waals surface area contributed by atoms with Gasteiger partial charge in [-0.25, -0.2) is 0 Å². The molecule has 0 bridgehead atoms. The second-order valence-electron chi connectivity index (χ2n) is 7.05. The van der Waals surface area contributed by atoms with Crippen molar-refractivity contribution in [3.63, 3.8) is 0 Å². The Morgan fingerprint density at radius 3 is 2.55 bits per heavy atom. The van der Waals surface area contributed by atoms with Gasteiger partial charge in [0.05, 0.1) is 0 Å². The Balaban J connectivity index is 1.69. The molecule has 2 rings (SSSR count). The third kappa shape index (κ3) is 4.10. The summed E-state index contributed by atoms with van der Waals surface area (Å²) >= 11 is 5.49. The third-order valence-electron chi connectivity index (χ3n) is 5.78. The first kappa shape index (κ1) is 16.1. The summed E-state index contributed by atoms with van der Waals surface area (Å²) < 4.78 is 0. The SMILES string of the molecule is CC[C@]1(CCCC2CCCCC2)C[C@H](C(=O)C=CCl)C1. The fourth-order valence-corrected chi connectivity index (χ4v) is 4.42. The van der Waals surface area contributed by atoms with E-state index < -0.39 is 0 Å². The highest BCUT2D eigenvalue weighted by Crippen LogP contribution is 2.52. The van der Waals surface area contributed by atoms with Crippen LogP contribution in [0.1, 0.15) is 77.6 Å². The Morgan fingerprint density at radius 1 is 1.25 bits per heavy atom. The predicted octanol–water partition coefficient (Wildman–Crippen LogP) is 5.87. The normalized spacial score (nSPS) is 31.4. The van der Waals surface area contributed by atoms with Crippen LogP contribution in [0.25, 0.3) is 0 Å². The molecule has 0 saturated heterocycles. The fraction of sp³-hybridized carbons (Fsp3) is 0.833. The van der Waals surface area contributed by atoms with Crippen LogP contribution < -0.4 is 0 Å². The quantitative estimate of drug-likeness (QED) is 0.537. The van der Waals surface area contributed by atoms with E-state index in [1.54, 1.807) is 0 Å². The molecule has 0 aromatic heterocycles. The first-order valence-corrected chi connectivity index (χ1v) is 8.93. The molecular weight excluding hydrogens is 268 g/mol. The van der Waals surface area contributed by atoms with Gasteiger partial charge in [-0.05, 0) is 36.7 Å². The molecule has 2 heteroatoms. The maximum absolute atomic E-state index is 11.8. The summed E-state index contributed by atoms with van der Waals surface area (Å²) in [6, 6.07) is 0. The van der Waals surface area contributed by atoms with Crippen molar-refractivity contribution in [3.8, 4) is 0 Å². The monoisotopic (exact) mass is 296 g/mol. The van der Waals surface area contributed by atoms with Crippen molar-refractivity contribution in [2.24, 2.45) is 17.3 Å². The van der Waals surface area contributed by atoms with Gasteiger partial charge in [-0.3, -0.25) is 4.79 Å².